The molecular weight excluding hydrogens is 290 g/mol. The molecule has 0 aliphatic carbocycles. The molecule has 2 atom stereocenters. The van der Waals surface area contributed by atoms with Crippen LogP contribution in [0.2, 0.25) is 0 Å². The van der Waals surface area contributed by atoms with Crippen molar-refractivity contribution in [1.29, 1.82) is 0 Å². The lowest BCUT2D eigenvalue weighted by molar-refractivity contribution is 0.1000. The van der Waals surface area contributed by atoms with Gasteiger partial charge in [0.1, 0.15) is 0 Å². The number of hydrogen-bond donors (Lipinski definition) is 2. The van der Waals surface area contributed by atoms with E-state index < -0.39 is 15.9 Å². The molecule has 1 aromatic carbocycles. The van der Waals surface area contributed by atoms with Crippen LogP contribution < -0.4 is 10.5 Å². The molecule has 3 N–H and O–H groups in total. The minimum Gasteiger partial charge on any atom is -0.366 e. The van der Waals surface area contributed by atoms with Gasteiger partial charge in [-0.25, -0.2) is 13.1 Å². The summed E-state index contributed by atoms with van der Waals surface area (Å²) in [6, 6.07) is 5.67. The van der Waals surface area contributed by atoms with Crippen molar-refractivity contribution in [1.82, 2.24) is 9.62 Å². The van der Waals surface area contributed by atoms with Gasteiger partial charge in [0.15, 0.2) is 0 Å². The first-order chi connectivity index (χ1) is 9.83. The summed E-state index contributed by atoms with van der Waals surface area (Å²) in [5.74, 6) is -0.391. The molecule has 0 unspecified atom stereocenters. The van der Waals surface area contributed by atoms with Crippen LogP contribution in [0.4, 0.5) is 0 Å². The lowest BCUT2D eigenvalue weighted by Crippen LogP contribution is -2.39. The smallest absolute Gasteiger partial charge is 0.248 e. The standard InChI is InChI=1S/C14H21N3O3S/c1-3-17-8-10(2)13(9-17)16-21(19,20)12-6-4-5-11(7-12)14(15)18/h4-7,10,13,16H,3,8-9H2,1-2H3,(H2,15,18)/t10-,13-/m0/s1. The molecule has 2 rings (SSSR count). The maximum atomic E-state index is 12.4. The number of sulfonamides is 1. The second kappa shape index (κ2) is 6.13. The maximum Gasteiger partial charge on any atom is 0.248 e. The predicted molar refractivity (Wildman–Crippen MR) is 80.3 cm³/mol. The van der Waals surface area contributed by atoms with E-state index in [1.165, 1.54) is 24.3 Å². The van der Waals surface area contributed by atoms with E-state index in [4.69, 9.17) is 5.73 Å². The molecular formula is C14H21N3O3S. The molecule has 1 aliphatic rings. The van der Waals surface area contributed by atoms with Gasteiger partial charge in [-0.05, 0) is 30.7 Å². The third-order valence-corrected chi connectivity index (χ3v) is 5.36. The van der Waals surface area contributed by atoms with Crippen LogP contribution in [0.3, 0.4) is 0 Å². The van der Waals surface area contributed by atoms with Gasteiger partial charge < -0.3 is 10.6 Å². The Morgan fingerprint density at radius 2 is 2.14 bits per heavy atom. The van der Waals surface area contributed by atoms with Gasteiger partial charge in [0, 0.05) is 24.7 Å². The molecule has 6 nitrogen and oxygen atoms in total. The summed E-state index contributed by atoms with van der Waals surface area (Å²) >= 11 is 0. The van der Waals surface area contributed by atoms with Crippen LogP contribution in [0, 0.1) is 5.92 Å². The largest absolute Gasteiger partial charge is 0.366 e. The van der Waals surface area contributed by atoms with Crippen molar-refractivity contribution in [3.63, 3.8) is 0 Å². The molecule has 1 aliphatic heterocycles. The van der Waals surface area contributed by atoms with Gasteiger partial charge in [-0.15, -0.1) is 0 Å². The molecule has 0 radical (unpaired) electrons. The van der Waals surface area contributed by atoms with Crippen LogP contribution >= 0.6 is 0 Å². The highest BCUT2D eigenvalue weighted by Gasteiger charge is 2.32. The van der Waals surface area contributed by atoms with Gasteiger partial charge in [-0.1, -0.05) is 19.9 Å². The number of hydrogen-bond acceptors (Lipinski definition) is 4. The van der Waals surface area contributed by atoms with Crippen LogP contribution in [0.15, 0.2) is 29.2 Å². The van der Waals surface area contributed by atoms with Gasteiger partial charge >= 0.3 is 0 Å². The van der Waals surface area contributed by atoms with Crippen molar-refractivity contribution >= 4 is 15.9 Å². The summed E-state index contributed by atoms with van der Waals surface area (Å²) in [6.45, 7) is 6.57. The van der Waals surface area contributed by atoms with E-state index in [0.29, 0.717) is 6.54 Å². The average Bonchev–Trinajstić information content (AvgIpc) is 2.79. The second-order valence-corrected chi connectivity index (χ2v) is 7.16. The van der Waals surface area contributed by atoms with E-state index in [0.717, 1.165) is 13.1 Å². The van der Waals surface area contributed by atoms with Gasteiger partial charge in [-0.2, -0.15) is 0 Å². The molecule has 1 saturated heterocycles. The van der Waals surface area contributed by atoms with E-state index in [2.05, 4.69) is 16.5 Å². The maximum absolute atomic E-state index is 12.4. The quantitative estimate of drug-likeness (QED) is 0.823. The number of nitrogens with two attached hydrogens (primary N) is 1. The highest BCUT2D eigenvalue weighted by molar-refractivity contribution is 7.89. The predicted octanol–water partition coefficient (Wildman–Crippen LogP) is 0.404. The summed E-state index contributed by atoms with van der Waals surface area (Å²) < 4.78 is 27.6. The molecule has 0 bridgehead atoms. The number of likely N-dealkylation sites (N-methyl/N-ethyl adjacent to an activating group) is 1. The zero-order valence-corrected chi connectivity index (χ0v) is 13.1. The number of amides is 1. The van der Waals surface area contributed by atoms with Crippen LogP contribution in [-0.4, -0.2) is 44.9 Å². The summed E-state index contributed by atoms with van der Waals surface area (Å²) in [5.41, 5.74) is 5.37. The van der Waals surface area contributed by atoms with Crippen molar-refractivity contribution in [2.24, 2.45) is 11.7 Å². The lowest BCUT2D eigenvalue weighted by Gasteiger charge is -2.17. The fourth-order valence-electron chi connectivity index (χ4n) is 2.56. The topological polar surface area (TPSA) is 92.5 Å². The van der Waals surface area contributed by atoms with Gasteiger partial charge in [-0.3, -0.25) is 4.79 Å². The minimum atomic E-state index is -3.65. The number of carbonyl (C=O) groups excluding carboxylic acids is 1. The highest BCUT2D eigenvalue weighted by Crippen LogP contribution is 2.19. The Morgan fingerprint density at radius 1 is 1.43 bits per heavy atom. The number of rotatable bonds is 5. The molecule has 1 fully saturated rings. The Labute approximate surface area is 125 Å². The Morgan fingerprint density at radius 3 is 2.71 bits per heavy atom. The number of primary amides is 1. The first-order valence-corrected chi connectivity index (χ1v) is 8.46. The number of benzene rings is 1. The zero-order chi connectivity index (χ0) is 15.6. The summed E-state index contributed by atoms with van der Waals surface area (Å²) in [7, 11) is -3.65. The van der Waals surface area contributed by atoms with E-state index >= 15 is 0 Å². The van der Waals surface area contributed by atoms with E-state index in [1.807, 2.05) is 6.92 Å². The van der Waals surface area contributed by atoms with Gasteiger partial charge in [0.25, 0.3) is 0 Å². The molecule has 0 spiro atoms. The zero-order valence-electron chi connectivity index (χ0n) is 12.2. The van der Waals surface area contributed by atoms with Crippen molar-refractivity contribution in [2.75, 3.05) is 19.6 Å². The molecule has 1 heterocycles. The fraction of sp³-hybridized carbons (Fsp3) is 0.500. The van der Waals surface area contributed by atoms with Crippen molar-refractivity contribution in [3.05, 3.63) is 29.8 Å². The number of carbonyl (C=O) groups is 1. The number of nitrogens with one attached hydrogen (secondary N) is 1. The van der Waals surface area contributed by atoms with Crippen LogP contribution in [-0.2, 0) is 10.0 Å². The van der Waals surface area contributed by atoms with E-state index in [9.17, 15) is 13.2 Å². The van der Waals surface area contributed by atoms with Crippen LogP contribution in [0.1, 0.15) is 24.2 Å². The molecule has 0 aromatic heterocycles. The number of nitrogens with zero attached hydrogens (tertiary/aromatic N) is 1. The molecule has 1 amide bonds. The van der Waals surface area contributed by atoms with E-state index in [1.54, 1.807) is 0 Å². The Kier molecular flexibility index (Phi) is 4.65. The molecule has 116 valence electrons. The molecule has 7 heteroatoms. The molecule has 21 heavy (non-hydrogen) atoms. The highest BCUT2D eigenvalue weighted by atomic mass is 32.2. The van der Waals surface area contributed by atoms with Crippen LogP contribution in [0.5, 0.6) is 0 Å². The fourth-order valence-corrected chi connectivity index (χ4v) is 3.94. The average molecular weight is 311 g/mol. The van der Waals surface area contributed by atoms with Crippen molar-refractivity contribution in [2.45, 2.75) is 24.8 Å². The second-order valence-electron chi connectivity index (χ2n) is 5.45. The summed E-state index contributed by atoms with van der Waals surface area (Å²) in [4.78, 5) is 13.4. The lowest BCUT2D eigenvalue weighted by atomic mass is 10.1. The van der Waals surface area contributed by atoms with Gasteiger partial charge in [0.05, 0.1) is 4.90 Å². The Bertz CT molecular complexity index is 630. The third kappa shape index (κ3) is 3.61. The molecule has 0 saturated carbocycles. The van der Waals surface area contributed by atoms with E-state index in [-0.39, 0.29) is 22.4 Å². The van der Waals surface area contributed by atoms with Gasteiger partial charge in [0.2, 0.25) is 15.9 Å². The summed E-state index contributed by atoms with van der Waals surface area (Å²) in [5, 5.41) is 0. The normalized spacial score (nSPS) is 23.3. The van der Waals surface area contributed by atoms with Crippen LogP contribution in [0.25, 0.3) is 0 Å². The van der Waals surface area contributed by atoms with Crippen molar-refractivity contribution < 1.29 is 13.2 Å². The summed E-state index contributed by atoms with van der Waals surface area (Å²) in [6.07, 6.45) is 0. The number of likely N-dealkylation sites (tertiary alicyclic amines) is 1. The molecule has 1 aromatic rings. The first-order valence-electron chi connectivity index (χ1n) is 6.98. The van der Waals surface area contributed by atoms with Crippen molar-refractivity contribution in [3.8, 4) is 0 Å². The Hall–Kier alpha value is -1.44. The SMILES string of the molecule is CCN1C[C@H](NS(=O)(=O)c2cccc(C(N)=O)c2)[C@@H](C)C1. The third-order valence-electron chi connectivity index (χ3n) is 3.87. The monoisotopic (exact) mass is 311 g/mol. The first kappa shape index (κ1) is 15.9. The Balaban J connectivity index is 2.19. The minimum absolute atomic E-state index is 0.0703.